The second-order valence-corrected chi connectivity index (χ2v) is 10.2. The van der Waals surface area contributed by atoms with Crippen LogP contribution in [0.25, 0.3) is 0 Å². The lowest BCUT2D eigenvalue weighted by atomic mass is 10.1. The topological polar surface area (TPSA) is 282 Å². The Bertz CT molecular complexity index is 1120. The lowest BCUT2D eigenvalue weighted by molar-refractivity contribution is -0.142. The van der Waals surface area contributed by atoms with Gasteiger partial charge in [0.1, 0.15) is 42.3 Å². The largest absolute Gasteiger partial charge is 0.394 e. The van der Waals surface area contributed by atoms with Gasteiger partial charge in [-0.15, -0.1) is 0 Å². The van der Waals surface area contributed by atoms with E-state index < -0.39 is 108 Å². The Morgan fingerprint density at radius 2 is 0.886 bits per heavy atom. The van der Waals surface area contributed by atoms with Gasteiger partial charge in [0.15, 0.2) is 0 Å². The number of carbonyl (C=O) groups is 8. The van der Waals surface area contributed by atoms with Crippen LogP contribution in [0.3, 0.4) is 0 Å². The van der Waals surface area contributed by atoms with Gasteiger partial charge in [-0.05, 0) is 41.5 Å². The summed E-state index contributed by atoms with van der Waals surface area (Å²) in [4.78, 5) is 101. The molecule has 10 N–H and O–H groups in total. The van der Waals surface area contributed by atoms with E-state index >= 15 is 0 Å². The molecule has 8 amide bonds. The molecular formula is C25H42N8O11. The highest BCUT2D eigenvalue weighted by Gasteiger charge is 2.33. The van der Waals surface area contributed by atoms with E-state index in [-0.39, 0.29) is 0 Å². The zero-order valence-electron chi connectivity index (χ0n) is 25.5. The maximum Gasteiger partial charge on any atom is 0.270 e. The maximum absolute atomic E-state index is 12.8. The third-order valence-electron chi connectivity index (χ3n) is 6.39. The Labute approximate surface area is 253 Å². The summed E-state index contributed by atoms with van der Waals surface area (Å²) in [6.45, 7) is 6.66. The summed E-state index contributed by atoms with van der Waals surface area (Å²) in [6, 6.07) is -9.45. The summed E-state index contributed by atoms with van der Waals surface area (Å²) >= 11 is 0. The SMILES string of the molecule is CO[C@@H]1NC(=O)[C@@H](C)NC(=O)[C@H](C)NC(=O)[C@@H](C)NC(=O)[C@H](C(C)O)NC(=O)[C@@H](C)NC(=O)[C@H](CO)NC(=O)[C@H](C)NC1=O. The minimum atomic E-state index is -1.61. The predicted molar refractivity (Wildman–Crippen MR) is 150 cm³/mol. The number of methoxy groups -OCH3 is 1. The molecule has 1 rings (SSSR count). The van der Waals surface area contributed by atoms with Crippen LogP contribution in [0, 0.1) is 0 Å². The normalized spacial score (nSPS) is 31.8. The summed E-state index contributed by atoms with van der Waals surface area (Å²) in [6.07, 6.45) is -3.06. The van der Waals surface area contributed by atoms with E-state index in [1.165, 1.54) is 41.5 Å². The first-order valence-electron chi connectivity index (χ1n) is 13.7. The molecule has 0 aromatic carbocycles. The first kappa shape index (κ1) is 37.7. The predicted octanol–water partition coefficient (Wildman–Crippen LogP) is -6.05. The van der Waals surface area contributed by atoms with Gasteiger partial charge in [0.2, 0.25) is 47.6 Å². The van der Waals surface area contributed by atoms with Gasteiger partial charge in [-0.25, -0.2) is 0 Å². The van der Waals surface area contributed by atoms with E-state index in [1.54, 1.807) is 0 Å². The summed E-state index contributed by atoms with van der Waals surface area (Å²) < 4.78 is 4.97. The van der Waals surface area contributed by atoms with E-state index in [2.05, 4.69) is 42.5 Å². The van der Waals surface area contributed by atoms with Crippen molar-refractivity contribution in [2.45, 2.75) is 96.2 Å². The second-order valence-electron chi connectivity index (χ2n) is 10.2. The molecule has 44 heavy (non-hydrogen) atoms. The number of aliphatic hydroxyl groups excluding tert-OH is 2. The monoisotopic (exact) mass is 630 g/mol. The van der Waals surface area contributed by atoms with Crippen molar-refractivity contribution in [3.8, 4) is 0 Å². The molecule has 9 atom stereocenters. The second kappa shape index (κ2) is 17.1. The van der Waals surface area contributed by atoms with Crippen molar-refractivity contribution in [3.05, 3.63) is 0 Å². The fraction of sp³-hybridized carbons (Fsp3) is 0.680. The van der Waals surface area contributed by atoms with Crippen molar-refractivity contribution >= 4 is 47.3 Å². The van der Waals surface area contributed by atoms with Gasteiger partial charge in [0, 0.05) is 7.11 Å². The molecule has 0 aromatic rings. The van der Waals surface area contributed by atoms with Crippen LogP contribution in [0.2, 0.25) is 0 Å². The molecule has 0 aliphatic carbocycles. The molecule has 1 fully saturated rings. The zero-order chi connectivity index (χ0) is 33.9. The van der Waals surface area contributed by atoms with Crippen LogP contribution < -0.4 is 42.5 Å². The highest BCUT2D eigenvalue weighted by molar-refractivity contribution is 5.98. The van der Waals surface area contributed by atoms with Gasteiger partial charge in [-0.3, -0.25) is 38.4 Å². The maximum atomic E-state index is 12.8. The van der Waals surface area contributed by atoms with Crippen LogP contribution in [0.15, 0.2) is 0 Å². The van der Waals surface area contributed by atoms with Crippen molar-refractivity contribution in [1.29, 1.82) is 0 Å². The average Bonchev–Trinajstić information content (AvgIpc) is 2.95. The van der Waals surface area contributed by atoms with Crippen LogP contribution in [0.4, 0.5) is 0 Å². The van der Waals surface area contributed by atoms with Gasteiger partial charge in [0.05, 0.1) is 12.7 Å². The third-order valence-corrected chi connectivity index (χ3v) is 6.39. The summed E-state index contributed by atoms with van der Waals surface area (Å²) in [5, 5.41) is 38.0. The Hall–Kier alpha value is -4.36. The van der Waals surface area contributed by atoms with Gasteiger partial charge in [0.25, 0.3) is 5.91 Å². The molecule has 0 spiro atoms. The Morgan fingerprint density at radius 3 is 1.30 bits per heavy atom. The molecule has 19 heteroatoms. The molecule has 0 radical (unpaired) electrons. The van der Waals surface area contributed by atoms with E-state index in [0.29, 0.717) is 0 Å². The smallest absolute Gasteiger partial charge is 0.270 e. The molecule has 1 aliphatic heterocycles. The Kier molecular flexibility index (Phi) is 14.6. The van der Waals surface area contributed by atoms with Gasteiger partial charge in [-0.1, -0.05) is 0 Å². The van der Waals surface area contributed by atoms with E-state index in [9.17, 15) is 48.6 Å². The molecule has 1 heterocycles. The fourth-order valence-electron chi connectivity index (χ4n) is 3.57. The van der Waals surface area contributed by atoms with Crippen molar-refractivity contribution in [2.24, 2.45) is 0 Å². The first-order valence-corrected chi connectivity index (χ1v) is 13.7. The highest BCUT2D eigenvalue weighted by Crippen LogP contribution is 2.00. The number of rotatable bonds is 3. The summed E-state index contributed by atoms with van der Waals surface area (Å²) in [5.41, 5.74) is 0. The highest BCUT2D eigenvalue weighted by atomic mass is 16.5. The van der Waals surface area contributed by atoms with Crippen molar-refractivity contribution in [3.63, 3.8) is 0 Å². The third kappa shape index (κ3) is 11.0. The fourth-order valence-corrected chi connectivity index (χ4v) is 3.57. The lowest BCUT2D eigenvalue weighted by Gasteiger charge is -2.26. The van der Waals surface area contributed by atoms with Crippen LogP contribution in [-0.2, 0) is 43.1 Å². The van der Waals surface area contributed by atoms with E-state index in [4.69, 9.17) is 4.74 Å². The molecule has 1 unspecified atom stereocenters. The Balaban J connectivity index is 3.30. The van der Waals surface area contributed by atoms with Crippen molar-refractivity contribution in [2.75, 3.05) is 13.7 Å². The number of nitrogens with one attached hydrogen (secondary N) is 8. The number of hydrogen-bond donors (Lipinski definition) is 10. The lowest BCUT2D eigenvalue weighted by Crippen LogP contribution is -2.61. The summed E-state index contributed by atoms with van der Waals surface area (Å²) in [7, 11) is 1.10. The molecule has 0 bridgehead atoms. The summed E-state index contributed by atoms with van der Waals surface area (Å²) in [5.74, 6) is -7.23. The number of carbonyl (C=O) groups excluding carboxylic acids is 8. The van der Waals surface area contributed by atoms with Gasteiger partial charge in [-0.2, -0.15) is 0 Å². The van der Waals surface area contributed by atoms with E-state index in [0.717, 1.165) is 7.11 Å². The number of aliphatic hydroxyl groups is 2. The molecule has 1 aliphatic rings. The minimum absolute atomic E-state index is 0.790. The van der Waals surface area contributed by atoms with Crippen molar-refractivity contribution < 1.29 is 53.3 Å². The van der Waals surface area contributed by atoms with Crippen LogP contribution >= 0.6 is 0 Å². The van der Waals surface area contributed by atoms with Crippen LogP contribution in [0.1, 0.15) is 41.5 Å². The average molecular weight is 631 g/mol. The standard InChI is InChI=1S/C25H42N8O11/c1-9-17(36)27-13(5)21(40)33-25(44-7)24(43)30-11(3)19(38)31-15(8-34)22(41)28-12(4)20(39)32-16(14(6)35)23(42)29-10(2)18(37)26-9/h9-16,25,34-35H,8H2,1-7H3,(H,26,37)(H,27,36)(H,28,41)(H,29,42)(H,30,43)(H,31,38)(H,32,39)(H,33,40)/t9-,10+,11-,12+,13+,14?,15-,16-,25-/m0/s1. The minimum Gasteiger partial charge on any atom is -0.394 e. The van der Waals surface area contributed by atoms with Gasteiger partial charge < -0.3 is 57.5 Å². The quantitative estimate of drug-likeness (QED) is 0.140. The van der Waals surface area contributed by atoms with Gasteiger partial charge >= 0.3 is 0 Å². The molecule has 19 nitrogen and oxygen atoms in total. The molecule has 1 saturated heterocycles. The number of amides is 8. The molecule has 0 saturated carbocycles. The first-order chi connectivity index (χ1) is 20.4. The van der Waals surface area contributed by atoms with Crippen LogP contribution in [-0.4, -0.2) is 126 Å². The zero-order valence-corrected chi connectivity index (χ0v) is 25.5. The number of hydrogen-bond acceptors (Lipinski definition) is 11. The Morgan fingerprint density at radius 1 is 0.545 bits per heavy atom. The van der Waals surface area contributed by atoms with Crippen molar-refractivity contribution in [1.82, 2.24) is 42.5 Å². The number of ether oxygens (including phenoxy) is 1. The van der Waals surface area contributed by atoms with E-state index in [1.807, 2.05) is 0 Å². The molecule has 0 aromatic heterocycles. The molecule has 248 valence electrons. The molecular weight excluding hydrogens is 588 g/mol. The van der Waals surface area contributed by atoms with Crippen LogP contribution in [0.5, 0.6) is 0 Å².